The molecule has 2 N–H and O–H groups in total. The number of rotatable bonds is 5. The summed E-state index contributed by atoms with van der Waals surface area (Å²) in [6.07, 6.45) is 6.71. The first-order chi connectivity index (χ1) is 15.5. The number of hydrogen-bond donors (Lipinski definition) is 2. The minimum Gasteiger partial charge on any atom is -0.469 e. The van der Waals surface area contributed by atoms with Gasteiger partial charge in [0.15, 0.2) is 16.6 Å². The maximum atomic E-state index is 12.5. The molecule has 9 heteroatoms. The Morgan fingerprint density at radius 1 is 1.09 bits per heavy atom. The molecule has 0 unspecified atom stereocenters. The number of aryl methyl sites for hydroxylation is 1. The highest BCUT2D eigenvalue weighted by Gasteiger charge is 2.42. The summed E-state index contributed by atoms with van der Waals surface area (Å²) in [6, 6.07) is 7.05. The quantitative estimate of drug-likeness (QED) is 0.569. The lowest BCUT2D eigenvalue weighted by Gasteiger charge is -2.31. The van der Waals surface area contributed by atoms with Crippen LogP contribution in [0.2, 0.25) is 0 Å². The molecule has 2 aromatic heterocycles. The summed E-state index contributed by atoms with van der Waals surface area (Å²) in [5.41, 5.74) is 1.68. The van der Waals surface area contributed by atoms with Crippen molar-refractivity contribution in [2.75, 3.05) is 10.6 Å². The smallest absolute Gasteiger partial charge is 0.260 e. The molecule has 3 heterocycles. The first kappa shape index (κ1) is 20.6. The molecule has 8 nitrogen and oxygen atoms in total. The predicted molar refractivity (Wildman–Crippen MR) is 119 cm³/mol. The van der Waals surface area contributed by atoms with Crippen LogP contribution >= 0.6 is 11.3 Å². The van der Waals surface area contributed by atoms with E-state index in [4.69, 9.17) is 13.9 Å². The molecule has 32 heavy (non-hydrogen) atoms. The Hall–Kier alpha value is -3.33. The number of ether oxygens (including phenoxy) is 2. The van der Waals surface area contributed by atoms with Gasteiger partial charge >= 0.3 is 0 Å². The van der Waals surface area contributed by atoms with E-state index in [1.54, 1.807) is 24.4 Å². The summed E-state index contributed by atoms with van der Waals surface area (Å²) in [5.74, 6) is 0.884. The van der Waals surface area contributed by atoms with Gasteiger partial charge in [0.2, 0.25) is 5.91 Å². The summed E-state index contributed by atoms with van der Waals surface area (Å²) in [5, 5.41) is 7.80. The normalized spacial score (nSPS) is 16.2. The molecular weight excluding hydrogens is 430 g/mol. The average Bonchev–Trinajstić information content (AvgIpc) is 3.47. The zero-order valence-corrected chi connectivity index (χ0v) is 18.4. The van der Waals surface area contributed by atoms with Crippen molar-refractivity contribution in [2.45, 2.75) is 51.2 Å². The van der Waals surface area contributed by atoms with E-state index in [9.17, 15) is 9.59 Å². The molecule has 0 bridgehead atoms. The summed E-state index contributed by atoms with van der Waals surface area (Å²) in [6.45, 7) is 1.72. The van der Waals surface area contributed by atoms with E-state index in [1.165, 1.54) is 24.0 Å². The first-order valence-corrected chi connectivity index (χ1v) is 11.5. The van der Waals surface area contributed by atoms with Gasteiger partial charge in [-0.05, 0) is 38.0 Å². The van der Waals surface area contributed by atoms with E-state index in [0.717, 1.165) is 31.4 Å². The summed E-state index contributed by atoms with van der Waals surface area (Å²) in [7, 11) is 0. The largest absolute Gasteiger partial charge is 0.469 e. The average molecular weight is 454 g/mol. The summed E-state index contributed by atoms with van der Waals surface area (Å²) < 4.78 is 17.4. The van der Waals surface area contributed by atoms with Crippen molar-refractivity contribution in [2.24, 2.45) is 0 Å². The number of furan rings is 1. The number of nitrogens with zero attached hydrogens (tertiary/aromatic N) is 1. The number of amides is 2. The number of hydrogen-bond acceptors (Lipinski definition) is 7. The molecule has 1 aromatic carbocycles. The lowest BCUT2D eigenvalue weighted by molar-refractivity contribution is -0.115. The molecule has 1 fully saturated rings. The molecule has 1 spiro atoms. The number of anilines is 2. The van der Waals surface area contributed by atoms with Crippen LogP contribution < -0.4 is 20.1 Å². The van der Waals surface area contributed by atoms with Crippen molar-refractivity contribution in [3.8, 4) is 11.5 Å². The van der Waals surface area contributed by atoms with Crippen molar-refractivity contribution >= 4 is 34.0 Å². The zero-order valence-electron chi connectivity index (χ0n) is 17.6. The van der Waals surface area contributed by atoms with Gasteiger partial charge in [0.05, 0.1) is 23.9 Å². The Morgan fingerprint density at radius 3 is 2.69 bits per heavy atom. The van der Waals surface area contributed by atoms with Crippen molar-refractivity contribution in [3.63, 3.8) is 0 Å². The molecule has 1 saturated carbocycles. The Kier molecular flexibility index (Phi) is 5.34. The minimum absolute atomic E-state index is 0.0927. The predicted octanol–water partition coefficient (Wildman–Crippen LogP) is 4.91. The Labute approximate surface area is 188 Å². The number of carbonyl (C=O) groups is 2. The number of benzene rings is 1. The number of fused-ring (bicyclic) bond motifs is 1. The topological polar surface area (TPSA) is 103 Å². The maximum Gasteiger partial charge on any atom is 0.260 e. The molecule has 0 saturated heterocycles. The summed E-state index contributed by atoms with van der Waals surface area (Å²) >= 11 is 1.27. The molecule has 0 atom stereocenters. The molecule has 1 aliphatic carbocycles. The van der Waals surface area contributed by atoms with E-state index in [1.807, 2.05) is 12.1 Å². The third-order valence-electron chi connectivity index (χ3n) is 5.65. The first-order valence-electron chi connectivity index (χ1n) is 10.6. The van der Waals surface area contributed by atoms with Crippen molar-refractivity contribution in [1.82, 2.24) is 4.98 Å². The zero-order chi connectivity index (χ0) is 22.1. The van der Waals surface area contributed by atoms with E-state index in [-0.39, 0.29) is 18.2 Å². The standard InChI is InChI=1S/C23H23N3O5S/c1-14-17(7-10-29-14)21(28)26-22-25-16(13-32-22)12-20(27)24-15-5-6-18-19(11-15)31-23(30-18)8-3-2-4-9-23/h5-7,10-11,13H,2-4,8-9,12H2,1H3,(H,24,27)(H,25,26,28). The van der Waals surface area contributed by atoms with E-state index >= 15 is 0 Å². The highest BCUT2D eigenvalue weighted by atomic mass is 32.1. The lowest BCUT2D eigenvalue weighted by Crippen LogP contribution is -2.40. The van der Waals surface area contributed by atoms with Crippen molar-refractivity contribution in [3.05, 3.63) is 52.9 Å². The van der Waals surface area contributed by atoms with E-state index < -0.39 is 5.79 Å². The number of nitrogens with one attached hydrogen (secondary N) is 2. The van der Waals surface area contributed by atoms with Crippen LogP contribution in [-0.2, 0) is 11.2 Å². The van der Waals surface area contributed by atoms with E-state index in [0.29, 0.717) is 33.6 Å². The van der Waals surface area contributed by atoms with Crippen LogP contribution in [-0.4, -0.2) is 22.6 Å². The molecular formula is C23H23N3O5S. The number of thiazole rings is 1. The van der Waals surface area contributed by atoms with Gasteiger partial charge in [0.25, 0.3) is 11.7 Å². The van der Waals surface area contributed by atoms with Crippen molar-refractivity contribution < 1.29 is 23.5 Å². The fourth-order valence-electron chi connectivity index (χ4n) is 4.07. The van der Waals surface area contributed by atoms with Crippen LogP contribution in [0.5, 0.6) is 11.5 Å². The molecule has 5 rings (SSSR count). The Bertz CT molecular complexity index is 1160. The van der Waals surface area contributed by atoms with Crippen LogP contribution in [0.4, 0.5) is 10.8 Å². The van der Waals surface area contributed by atoms with Crippen LogP contribution in [0.3, 0.4) is 0 Å². The van der Waals surface area contributed by atoms with Crippen LogP contribution in [0, 0.1) is 6.92 Å². The van der Waals surface area contributed by atoms with E-state index in [2.05, 4.69) is 15.6 Å². The lowest BCUT2D eigenvalue weighted by atomic mass is 9.94. The highest BCUT2D eigenvalue weighted by Crippen LogP contribution is 2.46. The van der Waals surface area contributed by atoms with Gasteiger partial charge in [0, 0.05) is 30.0 Å². The molecule has 3 aromatic rings. The second kappa shape index (κ2) is 8.31. The molecule has 2 aliphatic rings. The molecule has 166 valence electrons. The second-order valence-electron chi connectivity index (χ2n) is 8.05. The Morgan fingerprint density at radius 2 is 1.91 bits per heavy atom. The maximum absolute atomic E-state index is 12.5. The SMILES string of the molecule is Cc1occc1C(=O)Nc1nc(CC(=O)Nc2ccc3c(c2)OC2(CCCCC2)O3)cs1. The van der Waals surface area contributed by atoms with Gasteiger partial charge in [-0.1, -0.05) is 6.42 Å². The van der Waals surface area contributed by atoms with Crippen LogP contribution in [0.1, 0.15) is 53.9 Å². The number of carbonyl (C=O) groups excluding carboxylic acids is 2. The van der Waals surface area contributed by atoms with Gasteiger partial charge < -0.3 is 19.2 Å². The van der Waals surface area contributed by atoms with Crippen molar-refractivity contribution in [1.29, 1.82) is 0 Å². The third-order valence-corrected chi connectivity index (χ3v) is 6.46. The fourth-order valence-corrected chi connectivity index (χ4v) is 4.77. The Balaban J connectivity index is 1.18. The highest BCUT2D eigenvalue weighted by molar-refractivity contribution is 7.14. The molecule has 2 amide bonds. The van der Waals surface area contributed by atoms with Gasteiger partial charge in [-0.2, -0.15) is 0 Å². The van der Waals surface area contributed by atoms with Gasteiger partial charge in [-0.15, -0.1) is 11.3 Å². The van der Waals surface area contributed by atoms with Gasteiger partial charge in [0.1, 0.15) is 5.76 Å². The monoisotopic (exact) mass is 453 g/mol. The second-order valence-corrected chi connectivity index (χ2v) is 8.91. The molecule has 0 radical (unpaired) electrons. The summed E-state index contributed by atoms with van der Waals surface area (Å²) in [4.78, 5) is 29.1. The third kappa shape index (κ3) is 4.20. The van der Waals surface area contributed by atoms with Crippen LogP contribution in [0.25, 0.3) is 0 Å². The number of aromatic nitrogens is 1. The molecule has 1 aliphatic heterocycles. The van der Waals surface area contributed by atoms with Gasteiger partial charge in [-0.3, -0.25) is 14.9 Å². The van der Waals surface area contributed by atoms with Gasteiger partial charge in [-0.25, -0.2) is 4.98 Å². The minimum atomic E-state index is -0.542. The van der Waals surface area contributed by atoms with Crippen LogP contribution in [0.15, 0.2) is 40.3 Å². The fraction of sp³-hybridized carbons (Fsp3) is 0.348.